The van der Waals surface area contributed by atoms with Gasteiger partial charge in [-0.15, -0.1) is 0 Å². The standard InChI is InChI=1S/C13H14F4N2O2/c14-9-6-7(3-4-8(9)13(15,16)17)11(18)10-2-1-5-19(10)12(20)21/h3-4,6,10-11H,1-2,5,18H2,(H,20,21)/t10?,11-/m0/s1. The Hall–Kier alpha value is -1.83. The fraction of sp³-hybridized carbons (Fsp3) is 0.462. The van der Waals surface area contributed by atoms with Crippen LogP contribution in [0.25, 0.3) is 0 Å². The second-order valence-corrected chi connectivity index (χ2v) is 4.95. The van der Waals surface area contributed by atoms with Crippen molar-refractivity contribution >= 4 is 6.09 Å². The molecule has 1 aliphatic heterocycles. The van der Waals surface area contributed by atoms with E-state index in [2.05, 4.69) is 0 Å². The van der Waals surface area contributed by atoms with Gasteiger partial charge in [0, 0.05) is 6.54 Å². The molecule has 116 valence electrons. The van der Waals surface area contributed by atoms with Crippen LogP contribution in [0, 0.1) is 5.82 Å². The number of benzene rings is 1. The van der Waals surface area contributed by atoms with Crippen molar-refractivity contribution in [1.82, 2.24) is 4.90 Å². The number of alkyl halides is 3. The van der Waals surface area contributed by atoms with E-state index in [1.54, 1.807) is 0 Å². The first-order valence-corrected chi connectivity index (χ1v) is 6.33. The van der Waals surface area contributed by atoms with Crippen LogP contribution in [-0.2, 0) is 6.18 Å². The molecule has 1 fully saturated rings. The van der Waals surface area contributed by atoms with E-state index in [0.29, 0.717) is 25.5 Å². The third-order valence-corrected chi connectivity index (χ3v) is 3.64. The summed E-state index contributed by atoms with van der Waals surface area (Å²) in [5.41, 5.74) is 4.69. The van der Waals surface area contributed by atoms with Crippen molar-refractivity contribution in [3.05, 3.63) is 35.1 Å². The number of amides is 1. The summed E-state index contributed by atoms with van der Waals surface area (Å²) < 4.78 is 51.0. The van der Waals surface area contributed by atoms with E-state index in [0.717, 1.165) is 17.0 Å². The van der Waals surface area contributed by atoms with Crippen molar-refractivity contribution in [1.29, 1.82) is 0 Å². The Labute approximate surface area is 118 Å². The van der Waals surface area contributed by atoms with Gasteiger partial charge in [0.2, 0.25) is 0 Å². The Morgan fingerprint density at radius 3 is 2.62 bits per heavy atom. The van der Waals surface area contributed by atoms with Gasteiger partial charge in [-0.2, -0.15) is 13.2 Å². The van der Waals surface area contributed by atoms with Gasteiger partial charge in [-0.1, -0.05) is 6.07 Å². The fourth-order valence-corrected chi connectivity index (χ4v) is 2.59. The number of carbonyl (C=O) groups is 1. The molecule has 0 bridgehead atoms. The second kappa shape index (κ2) is 5.51. The Kier molecular flexibility index (Phi) is 4.08. The van der Waals surface area contributed by atoms with Gasteiger partial charge >= 0.3 is 12.3 Å². The number of likely N-dealkylation sites (tertiary alicyclic amines) is 1. The number of carboxylic acid groups (broad SMARTS) is 1. The molecular weight excluding hydrogens is 292 g/mol. The van der Waals surface area contributed by atoms with Gasteiger partial charge in [0.1, 0.15) is 5.82 Å². The lowest BCUT2D eigenvalue weighted by Crippen LogP contribution is -2.41. The average Bonchev–Trinajstić information content (AvgIpc) is 2.85. The summed E-state index contributed by atoms with van der Waals surface area (Å²) >= 11 is 0. The Balaban J connectivity index is 2.26. The zero-order chi connectivity index (χ0) is 15.8. The van der Waals surface area contributed by atoms with Crippen molar-refractivity contribution in [3.63, 3.8) is 0 Å². The quantitative estimate of drug-likeness (QED) is 0.825. The molecule has 21 heavy (non-hydrogen) atoms. The molecule has 2 rings (SSSR count). The lowest BCUT2D eigenvalue weighted by Gasteiger charge is -2.27. The molecule has 0 aliphatic carbocycles. The molecule has 4 nitrogen and oxygen atoms in total. The maximum atomic E-state index is 13.5. The number of nitrogens with two attached hydrogens (primary N) is 1. The molecule has 1 heterocycles. The zero-order valence-electron chi connectivity index (χ0n) is 10.9. The summed E-state index contributed by atoms with van der Waals surface area (Å²) in [7, 11) is 0. The molecule has 1 unspecified atom stereocenters. The van der Waals surface area contributed by atoms with E-state index in [1.165, 1.54) is 0 Å². The van der Waals surface area contributed by atoms with Gasteiger partial charge in [0.15, 0.2) is 0 Å². The number of rotatable bonds is 2. The molecule has 1 aliphatic rings. The Morgan fingerprint density at radius 1 is 1.43 bits per heavy atom. The van der Waals surface area contributed by atoms with Crippen LogP contribution < -0.4 is 5.73 Å². The van der Waals surface area contributed by atoms with Crippen LogP contribution in [0.3, 0.4) is 0 Å². The molecule has 8 heteroatoms. The summed E-state index contributed by atoms with van der Waals surface area (Å²) in [4.78, 5) is 12.2. The highest BCUT2D eigenvalue weighted by Gasteiger charge is 2.36. The molecule has 1 saturated heterocycles. The van der Waals surface area contributed by atoms with E-state index in [9.17, 15) is 22.4 Å². The smallest absolute Gasteiger partial charge is 0.419 e. The van der Waals surface area contributed by atoms with E-state index in [-0.39, 0.29) is 5.56 Å². The van der Waals surface area contributed by atoms with Gasteiger partial charge in [0.25, 0.3) is 0 Å². The predicted molar refractivity (Wildman–Crippen MR) is 66.1 cm³/mol. The van der Waals surface area contributed by atoms with Crippen molar-refractivity contribution in [2.75, 3.05) is 6.54 Å². The highest BCUT2D eigenvalue weighted by atomic mass is 19.4. The molecule has 1 amide bonds. The average molecular weight is 306 g/mol. The van der Waals surface area contributed by atoms with Crippen LogP contribution in [0.15, 0.2) is 18.2 Å². The van der Waals surface area contributed by atoms with Crippen molar-refractivity contribution in [2.45, 2.75) is 31.1 Å². The van der Waals surface area contributed by atoms with Crippen LogP contribution in [-0.4, -0.2) is 28.7 Å². The Bertz CT molecular complexity index is 547. The molecule has 1 aromatic rings. The van der Waals surface area contributed by atoms with Gasteiger partial charge < -0.3 is 15.7 Å². The lowest BCUT2D eigenvalue weighted by atomic mass is 9.97. The monoisotopic (exact) mass is 306 g/mol. The minimum atomic E-state index is -4.77. The minimum absolute atomic E-state index is 0.152. The molecule has 0 radical (unpaired) electrons. The highest BCUT2D eigenvalue weighted by molar-refractivity contribution is 5.66. The normalized spacial score (nSPS) is 20.6. The Morgan fingerprint density at radius 2 is 2.10 bits per heavy atom. The largest absolute Gasteiger partial charge is 0.465 e. The van der Waals surface area contributed by atoms with E-state index >= 15 is 0 Å². The predicted octanol–water partition coefficient (Wildman–Crippen LogP) is 2.99. The molecule has 1 aromatic carbocycles. The molecule has 2 atom stereocenters. The topological polar surface area (TPSA) is 66.6 Å². The van der Waals surface area contributed by atoms with E-state index < -0.39 is 35.7 Å². The summed E-state index contributed by atoms with van der Waals surface area (Å²) in [5.74, 6) is -1.41. The number of hydrogen-bond donors (Lipinski definition) is 2. The number of hydrogen-bond acceptors (Lipinski definition) is 2. The minimum Gasteiger partial charge on any atom is -0.465 e. The summed E-state index contributed by atoms with van der Waals surface area (Å²) in [5, 5.41) is 9.03. The SMILES string of the molecule is N[C@@H](c1ccc(C(F)(F)F)c(F)c1)C1CCCN1C(=O)O. The van der Waals surface area contributed by atoms with Gasteiger partial charge in [0.05, 0.1) is 17.6 Å². The highest BCUT2D eigenvalue weighted by Crippen LogP contribution is 2.34. The molecule has 0 aromatic heterocycles. The van der Waals surface area contributed by atoms with Gasteiger partial charge in [-0.3, -0.25) is 0 Å². The van der Waals surface area contributed by atoms with Crippen molar-refractivity contribution in [2.24, 2.45) is 5.73 Å². The first-order chi connectivity index (χ1) is 9.71. The maximum Gasteiger partial charge on any atom is 0.419 e. The maximum absolute atomic E-state index is 13.5. The van der Waals surface area contributed by atoms with Crippen LogP contribution in [0.1, 0.15) is 30.0 Å². The zero-order valence-corrected chi connectivity index (χ0v) is 10.9. The molecular formula is C13H14F4N2O2. The van der Waals surface area contributed by atoms with Crippen molar-refractivity contribution in [3.8, 4) is 0 Å². The van der Waals surface area contributed by atoms with Crippen LogP contribution in [0.5, 0.6) is 0 Å². The molecule has 3 N–H and O–H groups in total. The molecule has 0 saturated carbocycles. The molecule has 0 spiro atoms. The lowest BCUT2D eigenvalue weighted by molar-refractivity contribution is -0.140. The van der Waals surface area contributed by atoms with E-state index in [4.69, 9.17) is 10.8 Å². The number of nitrogens with zero attached hydrogens (tertiary/aromatic N) is 1. The van der Waals surface area contributed by atoms with E-state index in [1.807, 2.05) is 0 Å². The second-order valence-electron chi connectivity index (χ2n) is 4.95. The van der Waals surface area contributed by atoms with Crippen molar-refractivity contribution < 1.29 is 27.5 Å². The van der Waals surface area contributed by atoms with Crippen LogP contribution in [0.2, 0.25) is 0 Å². The third kappa shape index (κ3) is 3.10. The van der Waals surface area contributed by atoms with Gasteiger partial charge in [-0.05, 0) is 30.5 Å². The summed E-state index contributed by atoms with van der Waals surface area (Å²) in [6.07, 6.45) is -4.79. The van der Waals surface area contributed by atoms with Crippen LogP contribution >= 0.6 is 0 Å². The first kappa shape index (κ1) is 15.6. The fourth-order valence-electron chi connectivity index (χ4n) is 2.59. The van der Waals surface area contributed by atoms with Crippen LogP contribution in [0.4, 0.5) is 22.4 Å². The third-order valence-electron chi connectivity index (χ3n) is 3.64. The number of halogens is 4. The summed E-state index contributed by atoms with van der Waals surface area (Å²) in [6, 6.07) is 1.03. The first-order valence-electron chi connectivity index (χ1n) is 6.33. The van der Waals surface area contributed by atoms with Gasteiger partial charge in [-0.25, -0.2) is 9.18 Å². The summed E-state index contributed by atoms with van der Waals surface area (Å²) in [6.45, 7) is 0.316.